The first kappa shape index (κ1) is 21.3. The van der Waals surface area contributed by atoms with Crippen molar-refractivity contribution in [2.75, 3.05) is 33.7 Å². The topological polar surface area (TPSA) is 104 Å². The summed E-state index contributed by atoms with van der Waals surface area (Å²) in [6.45, 7) is 3.54. The SMILES string of the molecule is Cc1nc2sccn2c1C(=O)N1CCC2(CC1)CC(CN(C)C)OC2=O.O=CO. The second-order valence-electron chi connectivity index (χ2n) is 7.77. The van der Waals surface area contributed by atoms with E-state index >= 15 is 0 Å². The molecule has 2 aromatic rings. The van der Waals surface area contributed by atoms with Crippen molar-refractivity contribution in [3.63, 3.8) is 0 Å². The van der Waals surface area contributed by atoms with Gasteiger partial charge in [0.2, 0.25) is 0 Å². The number of likely N-dealkylation sites (N-methyl/N-ethyl adjacent to an activating group) is 1. The average Bonchev–Trinajstić information content (AvgIpc) is 3.29. The zero-order valence-electron chi connectivity index (χ0n) is 16.8. The first-order valence-corrected chi connectivity index (χ1v) is 10.3. The van der Waals surface area contributed by atoms with Gasteiger partial charge in [-0.1, -0.05) is 0 Å². The molecule has 0 aromatic carbocycles. The summed E-state index contributed by atoms with van der Waals surface area (Å²) in [6, 6.07) is 0. The summed E-state index contributed by atoms with van der Waals surface area (Å²) in [6.07, 6.45) is 3.95. The van der Waals surface area contributed by atoms with Crippen molar-refractivity contribution in [2.24, 2.45) is 5.41 Å². The summed E-state index contributed by atoms with van der Waals surface area (Å²) >= 11 is 1.52. The van der Waals surface area contributed by atoms with E-state index in [1.807, 2.05) is 46.8 Å². The molecule has 10 heteroatoms. The van der Waals surface area contributed by atoms with Crippen LogP contribution in [0.5, 0.6) is 0 Å². The Morgan fingerprint density at radius 2 is 2.10 bits per heavy atom. The number of aromatic nitrogens is 2. The normalized spacial score (nSPS) is 20.6. The molecule has 0 saturated carbocycles. The number of piperidine rings is 1. The fraction of sp³-hybridized carbons (Fsp3) is 0.579. The lowest BCUT2D eigenvalue weighted by molar-refractivity contribution is -0.150. The number of hydrogen-bond acceptors (Lipinski definition) is 7. The number of aryl methyl sites for hydroxylation is 1. The Bertz CT molecular complexity index is 898. The Hall–Kier alpha value is -2.46. The maximum Gasteiger partial charge on any atom is 0.312 e. The van der Waals surface area contributed by atoms with Crippen LogP contribution >= 0.6 is 11.3 Å². The molecule has 2 aromatic heterocycles. The first-order valence-electron chi connectivity index (χ1n) is 9.46. The van der Waals surface area contributed by atoms with Gasteiger partial charge in [-0.2, -0.15) is 0 Å². The maximum absolute atomic E-state index is 13.0. The number of imidazole rings is 1. The van der Waals surface area contributed by atoms with E-state index in [1.165, 1.54) is 11.3 Å². The number of fused-ring (bicyclic) bond motifs is 1. The molecule has 1 amide bonds. The summed E-state index contributed by atoms with van der Waals surface area (Å²) in [4.78, 5) is 43.1. The van der Waals surface area contributed by atoms with Crippen molar-refractivity contribution in [3.8, 4) is 0 Å². The molecule has 2 aliphatic rings. The van der Waals surface area contributed by atoms with Gasteiger partial charge in [-0.05, 0) is 33.9 Å². The minimum Gasteiger partial charge on any atom is -0.483 e. The van der Waals surface area contributed by atoms with E-state index in [1.54, 1.807) is 0 Å². The van der Waals surface area contributed by atoms with E-state index in [9.17, 15) is 9.59 Å². The van der Waals surface area contributed by atoms with Crippen LogP contribution in [0.3, 0.4) is 0 Å². The van der Waals surface area contributed by atoms with Crippen molar-refractivity contribution < 1.29 is 24.2 Å². The molecule has 29 heavy (non-hydrogen) atoms. The summed E-state index contributed by atoms with van der Waals surface area (Å²) in [5.41, 5.74) is 0.979. The fourth-order valence-electron chi connectivity index (χ4n) is 4.19. The van der Waals surface area contributed by atoms with E-state index < -0.39 is 5.41 Å². The number of esters is 1. The molecule has 0 aliphatic carbocycles. The highest BCUT2D eigenvalue weighted by molar-refractivity contribution is 7.15. The molecule has 1 unspecified atom stereocenters. The van der Waals surface area contributed by atoms with Crippen LogP contribution in [0.2, 0.25) is 0 Å². The quantitative estimate of drug-likeness (QED) is 0.590. The molecule has 158 valence electrons. The number of cyclic esters (lactones) is 1. The number of likely N-dealkylation sites (tertiary alicyclic amines) is 1. The highest BCUT2D eigenvalue weighted by Crippen LogP contribution is 2.43. The molecule has 2 saturated heterocycles. The van der Waals surface area contributed by atoms with Crippen LogP contribution in [0.25, 0.3) is 4.96 Å². The summed E-state index contributed by atoms with van der Waals surface area (Å²) in [7, 11) is 3.97. The van der Waals surface area contributed by atoms with Gasteiger partial charge in [-0.3, -0.25) is 18.8 Å². The minimum atomic E-state index is -0.415. The number of nitrogens with zero attached hydrogens (tertiary/aromatic N) is 4. The van der Waals surface area contributed by atoms with Gasteiger partial charge >= 0.3 is 5.97 Å². The maximum atomic E-state index is 13.0. The van der Waals surface area contributed by atoms with Gasteiger partial charge in [0, 0.05) is 37.6 Å². The van der Waals surface area contributed by atoms with E-state index in [4.69, 9.17) is 14.6 Å². The predicted octanol–water partition coefficient (Wildman–Crippen LogP) is 1.50. The lowest BCUT2D eigenvalue weighted by Gasteiger charge is -2.36. The molecule has 4 rings (SSSR count). The van der Waals surface area contributed by atoms with E-state index in [2.05, 4.69) is 4.98 Å². The van der Waals surface area contributed by atoms with Crippen LogP contribution < -0.4 is 0 Å². The number of ether oxygens (including phenoxy) is 1. The van der Waals surface area contributed by atoms with Gasteiger partial charge < -0.3 is 19.6 Å². The Labute approximate surface area is 172 Å². The summed E-state index contributed by atoms with van der Waals surface area (Å²) in [5.74, 6) is -0.0864. The number of carboxylic acid groups (broad SMARTS) is 1. The highest BCUT2D eigenvalue weighted by atomic mass is 32.1. The second kappa shape index (κ2) is 8.50. The fourth-order valence-corrected chi connectivity index (χ4v) is 4.95. The molecule has 2 aliphatic heterocycles. The molecule has 4 heterocycles. The predicted molar refractivity (Wildman–Crippen MR) is 107 cm³/mol. The lowest BCUT2D eigenvalue weighted by atomic mass is 9.76. The third-order valence-electron chi connectivity index (χ3n) is 5.54. The number of carbonyl (C=O) groups excluding carboxylic acids is 2. The molecule has 1 atom stereocenters. The Balaban J connectivity index is 0.000000755. The average molecular weight is 423 g/mol. The van der Waals surface area contributed by atoms with Crippen LogP contribution in [-0.2, 0) is 14.3 Å². The van der Waals surface area contributed by atoms with Crippen molar-refractivity contribution in [3.05, 3.63) is 23.0 Å². The Morgan fingerprint density at radius 3 is 2.72 bits per heavy atom. The van der Waals surface area contributed by atoms with E-state index in [-0.39, 0.29) is 24.5 Å². The summed E-state index contributed by atoms with van der Waals surface area (Å²) < 4.78 is 7.47. The molecule has 0 radical (unpaired) electrons. The first-order chi connectivity index (χ1) is 13.8. The van der Waals surface area contributed by atoms with Gasteiger partial charge in [0.05, 0.1) is 11.1 Å². The Kier molecular flexibility index (Phi) is 6.23. The lowest BCUT2D eigenvalue weighted by Crippen LogP contribution is -2.45. The van der Waals surface area contributed by atoms with Crippen LogP contribution in [-0.4, -0.2) is 82.5 Å². The number of hydrogen-bond donors (Lipinski definition) is 1. The zero-order valence-corrected chi connectivity index (χ0v) is 17.6. The van der Waals surface area contributed by atoms with E-state index in [0.717, 1.165) is 23.6 Å². The molecule has 9 nitrogen and oxygen atoms in total. The van der Waals surface area contributed by atoms with Crippen LogP contribution in [0.1, 0.15) is 35.4 Å². The van der Waals surface area contributed by atoms with Gasteiger partial charge in [0.25, 0.3) is 12.4 Å². The molecular formula is C19H26N4O5S. The standard InChI is InChI=1S/C18H24N4O3S.CH2O2/c1-12-14(22-8-9-26-17(22)19-12)15(23)21-6-4-18(5-7-21)10-13(11-20(2)3)25-16(18)24;2-1-3/h8-9,13H,4-7,10-11H2,1-3H3;1H,(H,2,3). The van der Waals surface area contributed by atoms with Gasteiger partial charge in [0.15, 0.2) is 4.96 Å². The largest absolute Gasteiger partial charge is 0.483 e. The monoisotopic (exact) mass is 422 g/mol. The smallest absolute Gasteiger partial charge is 0.312 e. The molecular weight excluding hydrogens is 396 g/mol. The van der Waals surface area contributed by atoms with Crippen molar-refractivity contribution >= 4 is 34.6 Å². The van der Waals surface area contributed by atoms with Crippen molar-refractivity contribution in [1.29, 1.82) is 0 Å². The van der Waals surface area contributed by atoms with Crippen LogP contribution in [0, 0.1) is 12.3 Å². The van der Waals surface area contributed by atoms with Gasteiger partial charge in [-0.25, -0.2) is 4.98 Å². The number of carbonyl (C=O) groups is 3. The van der Waals surface area contributed by atoms with E-state index in [0.29, 0.717) is 31.6 Å². The number of amides is 1. The van der Waals surface area contributed by atoms with Gasteiger partial charge in [-0.15, -0.1) is 11.3 Å². The van der Waals surface area contributed by atoms with Crippen molar-refractivity contribution in [2.45, 2.75) is 32.3 Å². The third kappa shape index (κ3) is 4.13. The Morgan fingerprint density at radius 1 is 1.45 bits per heavy atom. The highest BCUT2D eigenvalue weighted by Gasteiger charge is 2.51. The second-order valence-corrected chi connectivity index (χ2v) is 8.65. The van der Waals surface area contributed by atoms with Crippen molar-refractivity contribution in [1.82, 2.24) is 19.2 Å². The third-order valence-corrected chi connectivity index (χ3v) is 6.30. The molecule has 1 spiro atoms. The zero-order chi connectivity index (χ0) is 21.2. The van der Waals surface area contributed by atoms with Crippen LogP contribution in [0.4, 0.5) is 0 Å². The number of thiazole rings is 1. The minimum absolute atomic E-state index is 0.000504. The number of rotatable bonds is 3. The van der Waals surface area contributed by atoms with Crippen LogP contribution in [0.15, 0.2) is 11.6 Å². The molecule has 1 N–H and O–H groups in total. The molecule has 0 bridgehead atoms. The summed E-state index contributed by atoms with van der Waals surface area (Å²) in [5, 5.41) is 8.82. The van der Waals surface area contributed by atoms with Gasteiger partial charge in [0.1, 0.15) is 11.8 Å². The molecule has 2 fully saturated rings.